The Hall–Kier alpha value is -5.18. The first kappa shape index (κ1) is 38.1. The molecule has 3 heterocycles. The Morgan fingerprint density at radius 2 is 1.62 bits per heavy atom. The number of aliphatic hydroxyl groups is 1. The molecule has 0 saturated carbocycles. The molecule has 280 valence electrons. The van der Waals surface area contributed by atoms with Crippen molar-refractivity contribution in [2.75, 3.05) is 26.3 Å². The van der Waals surface area contributed by atoms with Gasteiger partial charge in [-0.15, -0.1) is 0 Å². The van der Waals surface area contributed by atoms with Crippen LogP contribution in [0.5, 0.6) is 11.5 Å². The number of fused-ring (bicyclic) bond motifs is 2. The van der Waals surface area contributed by atoms with Crippen LogP contribution in [0.4, 0.5) is 0 Å². The summed E-state index contributed by atoms with van der Waals surface area (Å²) in [6.07, 6.45) is 0.960. The monoisotopic (exact) mass is 720 g/mol. The maximum absolute atomic E-state index is 14.0. The van der Waals surface area contributed by atoms with E-state index in [1.807, 2.05) is 30.3 Å². The maximum atomic E-state index is 14.0. The van der Waals surface area contributed by atoms with Gasteiger partial charge in [0.1, 0.15) is 43.4 Å². The Morgan fingerprint density at radius 3 is 2.37 bits per heavy atom. The van der Waals surface area contributed by atoms with Crippen molar-refractivity contribution in [1.29, 1.82) is 0 Å². The Morgan fingerprint density at radius 1 is 0.865 bits per heavy atom. The Bertz CT molecular complexity index is 1620. The van der Waals surface area contributed by atoms with Gasteiger partial charge in [-0.25, -0.2) is 0 Å². The molecule has 2 aromatic carbocycles. The predicted molar refractivity (Wildman–Crippen MR) is 188 cm³/mol. The van der Waals surface area contributed by atoms with Crippen LogP contribution in [0.25, 0.3) is 0 Å². The summed E-state index contributed by atoms with van der Waals surface area (Å²) < 4.78 is 11.3. The van der Waals surface area contributed by atoms with E-state index < -0.39 is 65.8 Å². The smallest absolute Gasteiger partial charge is 0.255 e. The largest absolute Gasteiger partial charge is 0.486 e. The zero-order chi connectivity index (χ0) is 37.2. The van der Waals surface area contributed by atoms with Gasteiger partial charge in [0.15, 0.2) is 11.5 Å². The molecular formula is C37H48N6O9. The molecule has 0 bridgehead atoms. The topological polar surface area (TPSA) is 204 Å². The highest BCUT2D eigenvalue weighted by Crippen LogP contribution is 2.33. The van der Waals surface area contributed by atoms with E-state index in [-0.39, 0.29) is 49.6 Å². The molecule has 6 N–H and O–H groups in total. The molecule has 3 aliphatic heterocycles. The molecule has 0 unspecified atom stereocenters. The maximum Gasteiger partial charge on any atom is 0.255 e. The summed E-state index contributed by atoms with van der Waals surface area (Å²) >= 11 is 0. The van der Waals surface area contributed by atoms with E-state index in [0.29, 0.717) is 44.6 Å². The van der Waals surface area contributed by atoms with E-state index in [2.05, 4.69) is 26.6 Å². The molecule has 0 aliphatic carbocycles. The summed E-state index contributed by atoms with van der Waals surface area (Å²) in [5.41, 5.74) is 0.949. The van der Waals surface area contributed by atoms with Crippen molar-refractivity contribution in [1.82, 2.24) is 31.5 Å². The van der Waals surface area contributed by atoms with Gasteiger partial charge in [0.2, 0.25) is 29.5 Å². The summed E-state index contributed by atoms with van der Waals surface area (Å²) in [5, 5.41) is 24.3. The fourth-order valence-corrected chi connectivity index (χ4v) is 6.66. The lowest BCUT2D eigenvalue weighted by molar-refractivity contribution is -0.142. The highest BCUT2D eigenvalue weighted by atomic mass is 16.6. The predicted octanol–water partition coefficient (Wildman–Crippen LogP) is 0.335. The zero-order valence-corrected chi connectivity index (χ0v) is 29.5. The number of hydrogen-bond donors (Lipinski definition) is 6. The number of para-hydroxylation sites is 1. The summed E-state index contributed by atoms with van der Waals surface area (Å²) in [6.45, 7) is 4.17. The highest BCUT2D eigenvalue weighted by Gasteiger charge is 2.39. The van der Waals surface area contributed by atoms with Crippen molar-refractivity contribution in [2.45, 2.75) is 95.1 Å². The number of carbonyl (C=O) groups is 6. The number of rotatable bonds is 6. The van der Waals surface area contributed by atoms with Gasteiger partial charge in [-0.2, -0.15) is 0 Å². The van der Waals surface area contributed by atoms with Crippen molar-refractivity contribution in [3.8, 4) is 11.5 Å². The third-order valence-electron chi connectivity index (χ3n) is 9.49. The van der Waals surface area contributed by atoms with Crippen LogP contribution < -0.4 is 36.1 Å². The minimum atomic E-state index is -1.48. The third-order valence-corrected chi connectivity index (χ3v) is 9.49. The van der Waals surface area contributed by atoms with Crippen molar-refractivity contribution >= 4 is 35.4 Å². The molecule has 2 saturated heterocycles. The zero-order valence-electron chi connectivity index (χ0n) is 29.5. The van der Waals surface area contributed by atoms with Crippen molar-refractivity contribution < 1.29 is 43.3 Å². The number of nitrogens with one attached hydrogen (secondary N) is 5. The number of benzene rings is 2. The molecule has 52 heavy (non-hydrogen) atoms. The summed E-state index contributed by atoms with van der Waals surface area (Å²) in [4.78, 5) is 83.4. The molecule has 0 radical (unpaired) electrons. The molecular weight excluding hydrogens is 672 g/mol. The molecule has 15 heteroatoms. The molecule has 6 atom stereocenters. The van der Waals surface area contributed by atoms with Crippen LogP contribution in [-0.2, 0) is 30.4 Å². The molecule has 5 rings (SSSR count). The van der Waals surface area contributed by atoms with E-state index in [1.54, 1.807) is 25.1 Å². The van der Waals surface area contributed by atoms with Crippen LogP contribution in [0.1, 0.15) is 68.3 Å². The average molecular weight is 721 g/mol. The second-order valence-electron chi connectivity index (χ2n) is 13.3. The SMILES string of the molecule is CC[C@@H]1NC(=O)[C@@H](NC(=O)c2cccc3c2OCCO3)CCCCNC(=O)[C@@H]2CCCN2C(=O)[C@@H](Cc2ccccc2)NC(=O)[C@H]([C@@H](C)O)NC1=O. The van der Waals surface area contributed by atoms with Crippen LogP contribution in [-0.4, -0.2) is 108 Å². The van der Waals surface area contributed by atoms with E-state index in [0.717, 1.165) is 5.56 Å². The first-order valence-electron chi connectivity index (χ1n) is 18.0. The van der Waals surface area contributed by atoms with Gasteiger partial charge >= 0.3 is 0 Å². The fourth-order valence-electron chi connectivity index (χ4n) is 6.66. The molecule has 2 aromatic rings. The lowest BCUT2D eigenvalue weighted by Crippen LogP contribution is -2.61. The normalized spacial score (nSPS) is 25.6. The molecule has 3 aliphatic rings. The van der Waals surface area contributed by atoms with Gasteiger partial charge in [-0.1, -0.05) is 43.3 Å². The standard InChI is InChI=1S/C37H48N6O9/c1-3-25-33(46)42-30(22(2)44)36(49)41-27(21-23-11-5-4-6-12-23)37(50)43-18-10-15-28(43)35(48)38-17-8-7-14-26(34(47)39-25)40-32(45)24-13-9-16-29-31(24)52-20-19-51-29/h4-6,9,11-13,16,22,25-28,30,44H,3,7-8,10,14-15,17-21H2,1-2H3,(H,38,48)(H,39,47)(H,40,45)(H,41,49)(H,42,46)/t22-,25+,26+,27-,28+,30+/m1/s1. The van der Waals surface area contributed by atoms with E-state index in [4.69, 9.17) is 9.47 Å². The number of nitrogens with zero attached hydrogens (tertiary/aromatic N) is 1. The number of carbonyl (C=O) groups excluding carboxylic acids is 6. The van der Waals surface area contributed by atoms with E-state index in [1.165, 1.54) is 11.8 Å². The average Bonchev–Trinajstić information content (AvgIpc) is 3.64. The third kappa shape index (κ3) is 9.37. The molecule has 6 amide bonds. The van der Waals surface area contributed by atoms with Crippen LogP contribution >= 0.6 is 0 Å². The Labute approximate surface area is 302 Å². The van der Waals surface area contributed by atoms with Crippen LogP contribution in [0.2, 0.25) is 0 Å². The van der Waals surface area contributed by atoms with Crippen LogP contribution in [0.3, 0.4) is 0 Å². The van der Waals surface area contributed by atoms with Crippen molar-refractivity contribution in [2.24, 2.45) is 0 Å². The fraction of sp³-hybridized carbons (Fsp3) is 0.514. The van der Waals surface area contributed by atoms with Gasteiger partial charge < -0.3 is 46.1 Å². The summed E-state index contributed by atoms with van der Waals surface area (Å²) in [6, 6.07) is 8.43. The molecule has 2 fully saturated rings. The lowest BCUT2D eigenvalue weighted by atomic mass is 10.0. The van der Waals surface area contributed by atoms with E-state index in [9.17, 15) is 33.9 Å². The minimum absolute atomic E-state index is 0.114. The lowest BCUT2D eigenvalue weighted by Gasteiger charge is -2.30. The van der Waals surface area contributed by atoms with Crippen molar-refractivity contribution in [3.63, 3.8) is 0 Å². The van der Waals surface area contributed by atoms with Crippen molar-refractivity contribution in [3.05, 3.63) is 59.7 Å². The Kier molecular flexibility index (Phi) is 13.1. The first-order valence-corrected chi connectivity index (χ1v) is 18.0. The highest BCUT2D eigenvalue weighted by molar-refractivity contribution is 6.01. The van der Waals surface area contributed by atoms with Gasteiger partial charge in [0.05, 0.1) is 11.7 Å². The number of ether oxygens (including phenoxy) is 2. The van der Waals surface area contributed by atoms with Crippen LogP contribution in [0, 0.1) is 0 Å². The van der Waals surface area contributed by atoms with Gasteiger partial charge in [-0.3, -0.25) is 28.8 Å². The second kappa shape index (κ2) is 17.8. The summed E-state index contributed by atoms with van der Waals surface area (Å²) in [7, 11) is 0. The van der Waals surface area contributed by atoms with Gasteiger partial charge in [-0.05, 0) is 63.1 Å². The molecule has 0 spiro atoms. The Balaban J connectivity index is 1.40. The van der Waals surface area contributed by atoms with Gasteiger partial charge in [0.25, 0.3) is 5.91 Å². The number of amides is 6. The summed E-state index contributed by atoms with van der Waals surface area (Å²) in [5.74, 6) is -2.84. The minimum Gasteiger partial charge on any atom is -0.486 e. The van der Waals surface area contributed by atoms with E-state index >= 15 is 0 Å². The molecule has 0 aromatic heterocycles. The first-order chi connectivity index (χ1) is 25.1. The van der Waals surface area contributed by atoms with Gasteiger partial charge in [0, 0.05) is 19.5 Å². The quantitative estimate of drug-likeness (QED) is 0.243. The second-order valence-corrected chi connectivity index (χ2v) is 13.3. The van der Waals surface area contributed by atoms with Crippen LogP contribution in [0.15, 0.2) is 48.5 Å². The number of hydrogen-bond acceptors (Lipinski definition) is 9. The number of aliphatic hydroxyl groups excluding tert-OH is 1. The molecule has 15 nitrogen and oxygen atoms in total.